The van der Waals surface area contributed by atoms with E-state index in [0.29, 0.717) is 5.92 Å². The van der Waals surface area contributed by atoms with E-state index >= 15 is 0 Å². The fraction of sp³-hybridized carbons (Fsp3) is 0.571. The Kier molecular flexibility index (Phi) is 5.00. The van der Waals surface area contributed by atoms with Gasteiger partial charge in [-0.3, -0.25) is 9.20 Å². The summed E-state index contributed by atoms with van der Waals surface area (Å²) in [7, 11) is 0. The van der Waals surface area contributed by atoms with Crippen molar-refractivity contribution in [3.63, 3.8) is 0 Å². The molecule has 2 aliphatic heterocycles. The molecule has 4 rings (SSSR count). The maximum Gasteiger partial charge on any atom is 0.246 e. The summed E-state index contributed by atoms with van der Waals surface area (Å²) in [6, 6.07) is 0.197. The maximum absolute atomic E-state index is 12.2. The first-order valence-corrected chi connectivity index (χ1v) is 10.3. The first kappa shape index (κ1) is 18.8. The van der Waals surface area contributed by atoms with E-state index in [2.05, 4.69) is 46.5 Å². The SMILES string of the molecule is C=CC(=O)N1[C@H](C)CN(c2nccn3c(N4CCC[C@@H](C)C4)ncc23)C[C@@H]1C. The minimum absolute atomic E-state index is 0.00308. The van der Waals surface area contributed by atoms with Crippen LogP contribution in [-0.4, -0.2) is 63.4 Å². The smallest absolute Gasteiger partial charge is 0.246 e. The largest absolute Gasteiger partial charge is 0.351 e. The summed E-state index contributed by atoms with van der Waals surface area (Å²) in [6.45, 7) is 13.7. The fourth-order valence-corrected chi connectivity index (χ4v) is 4.78. The van der Waals surface area contributed by atoms with Gasteiger partial charge >= 0.3 is 0 Å². The summed E-state index contributed by atoms with van der Waals surface area (Å²) >= 11 is 0. The highest BCUT2D eigenvalue weighted by molar-refractivity contribution is 5.88. The number of anilines is 2. The van der Waals surface area contributed by atoms with Gasteiger partial charge in [-0.1, -0.05) is 13.5 Å². The summed E-state index contributed by atoms with van der Waals surface area (Å²) < 4.78 is 2.16. The van der Waals surface area contributed by atoms with Crippen molar-refractivity contribution in [3.05, 3.63) is 31.2 Å². The van der Waals surface area contributed by atoms with Gasteiger partial charge in [0, 0.05) is 50.7 Å². The van der Waals surface area contributed by atoms with Gasteiger partial charge < -0.3 is 14.7 Å². The van der Waals surface area contributed by atoms with Gasteiger partial charge in [-0.15, -0.1) is 0 Å². The average Bonchev–Trinajstić information content (AvgIpc) is 3.11. The Morgan fingerprint density at radius 1 is 1.14 bits per heavy atom. The molecule has 7 nitrogen and oxygen atoms in total. The van der Waals surface area contributed by atoms with E-state index in [4.69, 9.17) is 4.98 Å². The Morgan fingerprint density at radius 2 is 1.89 bits per heavy atom. The van der Waals surface area contributed by atoms with Gasteiger partial charge in [0.25, 0.3) is 0 Å². The highest BCUT2D eigenvalue weighted by Crippen LogP contribution is 2.29. The molecular weight excluding hydrogens is 352 g/mol. The normalized spacial score (nSPS) is 26.0. The Balaban J connectivity index is 1.63. The van der Waals surface area contributed by atoms with Crippen molar-refractivity contribution in [3.8, 4) is 0 Å². The minimum Gasteiger partial charge on any atom is -0.351 e. The number of amides is 1. The van der Waals surface area contributed by atoms with Gasteiger partial charge in [0.05, 0.1) is 6.20 Å². The molecule has 0 saturated carbocycles. The van der Waals surface area contributed by atoms with E-state index in [0.717, 1.165) is 43.5 Å². The molecule has 0 bridgehead atoms. The van der Waals surface area contributed by atoms with Crippen molar-refractivity contribution in [2.24, 2.45) is 5.92 Å². The van der Waals surface area contributed by atoms with Gasteiger partial charge in [-0.25, -0.2) is 9.97 Å². The molecule has 1 amide bonds. The highest BCUT2D eigenvalue weighted by Gasteiger charge is 2.33. The van der Waals surface area contributed by atoms with Crippen LogP contribution in [0.3, 0.4) is 0 Å². The summed E-state index contributed by atoms with van der Waals surface area (Å²) in [4.78, 5) is 28.2. The van der Waals surface area contributed by atoms with Gasteiger partial charge in [0.1, 0.15) is 5.52 Å². The number of carbonyl (C=O) groups excluding carboxylic acids is 1. The van der Waals surface area contributed by atoms with E-state index in [9.17, 15) is 4.79 Å². The van der Waals surface area contributed by atoms with Gasteiger partial charge in [0.2, 0.25) is 11.9 Å². The van der Waals surface area contributed by atoms with E-state index in [1.807, 2.05) is 23.5 Å². The van der Waals surface area contributed by atoms with Crippen LogP contribution in [0.2, 0.25) is 0 Å². The lowest BCUT2D eigenvalue weighted by atomic mass is 10.0. The van der Waals surface area contributed by atoms with Crippen LogP contribution in [0.4, 0.5) is 11.8 Å². The van der Waals surface area contributed by atoms with Crippen LogP contribution in [0.15, 0.2) is 31.2 Å². The maximum atomic E-state index is 12.2. The molecule has 0 radical (unpaired) electrons. The fourth-order valence-electron chi connectivity index (χ4n) is 4.78. The molecule has 2 aromatic rings. The van der Waals surface area contributed by atoms with E-state index in [-0.39, 0.29) is 18.0 Å². The lowest BCUT2D eigenvalue weighted by Gasteiger charge is -2.44. The quantitative estimate of drug-likeness (QED) is 0.764. The topological polar surface area (TPSA) is 57.0 Å². The molecule has 28 heavy (non-hydrogen) atoms. The van der Waals surface area contributed by atoms with Crippen molar-refractivity contribution < 1.29 is 4.79 Å². The zero-order chi connectivity index (χ0) is 19.8. The lowest BCUT2D eigenvalue weighted by molar-refractivity contribution is -0.130. The van der Waals surface area contributed by atoms with Crippen molar-refractivity contribution in [2.75, 3.05) is 36.0 Å². The lowest BCUT2D eigenvalue weighted by Crippen LogP contribution is -2.58. The van der Waals surface area contributed by atoms with Crippen molar-refractivity contribution in [1.29, 1.82) is 0 Å². The molecule has 0 unspecified atom stereocenters. The van der Waals surface area contributed by atoms with Crippen LogP contribution >= 0.6 is 0 Å². The number of fused-ring (bicyclic) bond motifs is 1. The molecule has 0 spiro atoms. The third-order valence-electron chi connectivity index (χ3n) is 6.01. The zero-order valence-electron chi connectivity index (χ0n) is 17.1. The third-order valence-corrected chi connectivity index (χ3v) is 6.01. The third kappa shape index (κ3) is 3.23. The van der Waals surface area contributed by atoms with Crippen LogP contribution in [0.25, 0.3) is 5.52 Å². The second kappa shape index (κ2) is 7.45. The van der Waals surface area contributed by atoms with Crippen LogP contribution in [0.5, 0.6) is 0 Å². The molecule has 0 aliphatic carbocycles. The molecule has 2 fully saturated rings. The van der Waals surface area contributed by atoms with Crippen molar-refractivity contribution in [2.45, 2.75) is 45.7 Å². The molecule has 150 valence electrons. The number of piperazine rings is 1. The molecule has 0 aromatic carbocycles. The number of hydrogen-bond donors (Lipinski definition) is 0. The van der Waals surface area contributed by atoms with Gasteiger partial charge in [-0.05, 0) is 38.7 Å². The number of carbonyl (C=O) groups is 1. The average molecular weight is 383 g/mol. The summed E-state index contributed by atoms with van der Waals surface area (Å²) in [5, 5.41) is 0. The number of rotatable bonds is 3. The zero-order valence-corrected chi connectivity index (χ0v) is 17.1. The summed E-state index contributed by atoms with van der Waals surface area (Å²) in [5.41, 5.74) is 1.03. The molecule has 2 aliphatic rings. The molecule has 3 atom stereocenters. The Morgan fingerprint density at radius 3 is 2.57 bits per heavy atom. The predicted octanol–water partition coefficient (Wildman–Crippen LogP) is 2.58. The standard InChI is InChI=1S/C21H30N6O/c1-5-19(28)27-16(3)13-25(14-17(27)4)20-18-11-23-21(26(18)10-8-22-20)24-9-6-7-15(2)12-24/h5,8,10-11,15-17H,1,6-7,9,12-14H2,2-4H3/t15-,16-,17+/m1/s1. The molecule has 2 saturated heterocycles. The first-order valence-electron chi connectivity index (χ1n) is 10.3. The number of piperidine rings is 1. The van der Waals surface area contributed by atoms with Crippen LogP contribution in [0.1, 0.15) is 33.6 Å². The van der Waals surface area contributed by atoms with Gasteiger partial charge in [-0.2, -0.15) is 0 Å². The number of nitrogens with zero attached hydrogens (tertiary/aromatic N) is 6. The summed E-state index contributed by atoms with van der Waals surface area (Å²) in [5.74, 6) is 2.64. The Hall–Kier alpha value is -2.57. The monoisotopic (exact) mass is 382 g/mol. The molecule has 0 N–H and O–H groups in total. The second-order valence-corrected chi connectivity index (χ2v) is 8.31. The summed E-state index contributed by atoms with van der Waals surface area (Å²) in [6.07, 6.45) is 9.71. The molecule has 7 heteroatoms. The molecule has 4 heterocycles. The number of hydrogen-bond acceptors (Lipinski definition) is 5. The van der Waals surface area contributed by atoms with Crippen molar-refractivity contribution >= 4 is 23.2 Å². The minimum atomic E-state index is -0.00308. The van der Waals surface area contributed by atoms with Crippen LogP contribution in [0, 0.1) is 5.92 Å². The Labute approximate surface area is 166 Å². The van der Waals surface area contributed by atoms with Crippen LogP contribution < -0.4 is 9.80 Å². The van der Waals surface area contributed by atoms with Crippen LogP contribution in [-0.2, 0) is 4.79 Å². The highest BCUT2D eigenvalue weighted by atomic mass is 16.2. The second-order valence-electron chi connectivity index (χ2n) is 8.31. The van der Waals surface area contributed by atoms with E-state index < -0.39 is 0 Å². The predicted molar refractivity (Wildman–Crippen MR) is 112 cm³/mol. The first-order chi connectivity index (χ1) is 13.5. The van der Waals surface area contributed by atoms with E-state index in [1.165, 1.54) is 18.9 Å². The Bertz CT molecular complexity index is 865. The molecule has 2 aromatic heterocycles. The van der Waals surface area contributed by atoms with E-state index in [1.54, 1.807) is 0 Å². The van der Waals surface area contributed by atoms with Gasteiger partial charge in [0.15, 0.2) is 5.82 Å². The number of imidazole rings is 1. The van der Waals surface area contributed by atoms with Crippen molar-refractivity contribution in [1.82, 2.24) is 19.3 Å². The molecular formula is C21H30N6O. The number of aromatic nitrogens is 3.